The van der Waals surface area contributed by atoms with E-state index in [1.165, 1.54) is 25.1 Å². The van der Waals surface area contributed by atoms with Gasteiger partial charge in [-0.1, -0.05) is 12.1 Å². The molecule has 0 amide bonds. The summed E-state index contributed by atoms with van der Waals surface area (Å²) in [5, 5.41) is 0. The molecular formula is C26H23F7N2O3S. The average Bonchev–Trinajstić information content (AvgIpc) is 2.85. The molecule has 1 atom stereocenters. The lowest BCUT2D eigenvalue weighted by Gasteiger charge is -2.38. The number of fused-ring (bicyclic) bond motifs is 1. The van der Waals surface area contributed by atoms with E-state index in [-0.39, 0.29) is 42.9 Å². The number of hydrogen-bond donors (Lipinski definition) is 0. The molecular weight excluding hydrogens is 553 g/mol. The van der Waals surface area contributed by atoms with Gasteiger partial charge in [0.2, 0.25) is 0 Å². The Kier molecular flexibility index (Phi) is 8.01. The zero-order valence-corrected chi connectivity index (χ0v) is 21.2. The molecule has 1 aliphatic heterocycles. The largest absolute Gasteiger partial charge is 0.435 e. The van der Waals surface area contributed by atoms with Crippen LogP contribution < -0.4 is 13.9 Å². The molecule has 1 heterocycles. The van der Waals surface area contributed by atoms with Crippen molar-refractivity contribution in [3.8, 4) is 16.9 Å². The molecule has 39 heavy (non-hydrogen) atoms. The number of nitrogens with zero attached hydrogens (tertiary/aromatic N) is 2. The highest BCUT2D eigenvalue weighted by molar-refractivity contribution is 7.92. The van der Waals surface area contributed by atoms with Gasteiger partial charge in [-0.15, -0.1) is 0 Å². The lowest BCUT2D eigenvalue weighted by molar-refractivity contribution is -0.137. The van der Waals surface area contributed by atoms with Crippen LogP contribution in [0.5, 0.6) is 5.75 Å². The van der Waals surface area contributed by atoms with Gasteiger partial charge in [-0.25, -0.2) is 17.2 Å². The summed E-state index contributed by atoms with van der Waals surface area (Å²) in [4.78, 5) is 1.16. The van der Waals surface area contributed by atoms with E-state index in [9.17, 15) is 39.2 Å². The lowest BCUT2D eigenvalue weighted by Crippen LogP contribution is -2.44. The highest BCUT2D eigenvalue weighted by atomic mass is 32.2. The number of hydrogen-bond acceptors (Lipinski definition) is 4. The van der Waals surface area contributed by atoms with Crippen molar-refractivity contribution in [2.24, 2.45) is 0 Å². The molecule has 4 rings (SSSR count). The molecule has 0 aliphatic carbocycles. The number of benzene rings is 3. The van der Waals surface area contributed by atoms with Gasteiger partial charge in [0.15, 0.2) is 0 Å². The maximum atomic E-state index is 14.2. The van der Waals surface area contributed by atoms with Crippen LogP contribution in [0, 0.1) is 5.82 Å². The van der Waals surface area contributed by atoms with Gasteiger partial charge in [0.1, 0.15) is 11.6 Å². The van der Waals surface area contributed by atoms with Crippen LogP contribution in [0.3, 0.4) is 0 Å². The predicted molar refractivity (Wildman–Crippen MR) is 132 cm³/mol. The summed E-state index contributed by atoms with van der Waals surface area (Å²) in [6, 6.07) is 10.7. The molecule has 0 N–H and O–H groups in total. The molecule has 0 spiro atoms. The van der Waals surface area contributed by atoms with E-state index in [1.807, 2.05) is 0 Å². The van der Waals surface area contributed by atoms with E-state index in [0.717, 1.165) is 40.7 Å². The zero-order valence-electron chi connectivity index (χ0n) is 20.4. The topological polar surface area (TPSA) is 49.9 Å². The maximum absolute atomic E-state index is 14.2. The van der Waals surface area contributed by atoms with Gasteiger partial charge in [0.05, 0.1) is 34.6 Å². The minimum Gasteiger partial charge on any atom is -0.435 e. The summed E-state index contributed by atoms with van der Waals surface area (Å²) in [5.74, 6) is -1.34. The van der Waals surface area contributed by atoms with Crippen molar-refractivity contribution in [3.05, 3.63) is 72.0 Å². The molecule has 3 aromatic carbocycles. The number of halogens is 7. The van der Waals surface area contributed by atoms with Crippen LogP contribution in [0.15, 0.2) is 65.6 Å². The highest BCUT2D eigenvalue weighted by Gasteiger charge is 2.35. The van der Waals surface area contributed by atoms with Crippen molar-refractivity contribution in [1.29, 1.82) is 0 Å². The Hall–Kier alpha value is -3.48. The summed E-state index contributed by atoms with van der Waals surface area (Å²) < 4.78 is 125. The van der Waals surface area contributed by atoms with Crippen molar-refractivity contribution in [2.75, 3.05) is 28.8 Å². The predicted octanol–water partition coefficient (Wildman–Crippen LogP) is 6.88. The van der Waals surface area contributed by atoms with Crippen molar-refractivity contribution in [2.45, 2.75) is 37.2 Å². The quantitative estimate of drug-likeness (QED) is 0.275. The van der Waals surface area contributed by atoms with Crippen molar-refractivity contribution < 1.29 is 43.9 Å². The second-order valence-electron chi connectivity index (χ2n) is 8.92. The lowest BCUT2D eigenvalue weighted by atomic mass is 10.0. The SMILES string of the molecule is CC(F)CCN1CCN(S(=O)(=O)c2cccc(C(F)(F)F)c2)c2cc(-c3cc(F)cc(OC(F)F)c3)ccc21. The van der Waals surface area contributed by atoms with Gasteiger partial charge in [-0.2, -0.15) is 22.0 Å². The molecule has 5 nitrogen and oxygen atoms in total. The molecule has 13 heteroatoms. The van der Waals surface area contributed by atoms with E-state index in [0.29, 0.717) is 11.8 Å². The first-order valence-electron chi connectivity index (χ1n) is 11.7. The number of rotatable bonds is 8. The second kappa shape index (κ2) is 10.9. The third kappa shape index (κ3) is 6.40. The normalized spacial score (nSPS) is 14.9. The Morgan fingerprint density at radius 3 is 2.33 bits per heavy atom. The fourth-order valence-electron chi connectivity index (χ4n) is 4.30. The fourth-order valence-corrected chi connectivity index (χ4v) is 5.81. The van der Waals surface area contributed by atoms with Crippen LogP contribution in [-0.2, 0) is 16.2 Å². The minimum absolute atomic E-state index is 0.0586. The molecule has 1 unspecified atom stereocenters. The number of alkyl halides is 6. The van der Waals surface area contributed by atoms with Crippen molar-refractivity contribution >= 4 is 21.4 Å². The monoisotopic (exact) mass is 576 g/mol. The summed E-state index contributed by atoms with van der Waals surface area (Å²) in [5.41, 5.74) is -0.388. The van der Waals surface area contributed by atoms with E-state index >= 15 is 0 Å². The van der Waals surface area contributed by atoms with E-state index in [2.05, 4.69) is 4.74 Å². The van der Waals surface area contributed by atoms with Gasteiger partial charge in [-0.05, 0) is 66.9 Å². The van der Waals surface area contributed by atoms with Crippen LogP contribution in [0.4, 0.5) is 42.1 Å². The summed E-state index contributed by atoms with van der Waals surface area (Å²) >= 11 is 0. The Balaban J connectivity index is 1.82. The van der Waals surface area contributed by atoms with Gasteiger partial charge in [-0.3, -0.25) is 4.31 Å². The number of ether oxygens (including phenoxy) is 1. The van der Waals surface area contributed by atoms with E-state index < -0.39 is 51.0 Å². The number of anilines is 2. The van der Waals surface area contributed by atoms with Gasteiger partial charge in [0.25, 0.3) is 10.0 Å². The third-order valence-corrected chi connectivity index (χ3v) is 7.94. The Morgan fingerprint density at radius 1 is 0.923 bits per heavy atom. The second-order valence-corrected chi connectivity index (χ2v) is 10.8. The van der Waals surface area contributed by atoms with Crippen LogP contribution in [0.1, 0.15) is 18.9 Å². The van der Waals surface area contributed by atoms with Crippen molar-refractivity contribution in [1.82, 2.24) is 0 Å². The van der Waals surface area contributed by atoms with Gasteiger partial charge in [0, 0.05) is 19.2 Å². The van der Waals surface area contributed by atoms with E-state index in [4.69, 9.17) is 0 Å². The highest BCUT2D eigenvalue weighted by Crippen LogP contribution is 2.41. The standard InChI is InChI=1S/C26H23F7N2O3S/c1-16(27)7-8-34-9-10-35(39(36,37)22-4-2-3-19(14-22)26(31,32)33)24-13-17(5-6-23(24)34)18-11-20(28)15-21(12-18)38-25(29)30/h2-6,11-16,25H,7-10H2,1H3. The summed E-state index contributed by atoms with van der Waals surface area (Å²) in [6.45, 7) is -1.64. The van der Waals surface area contributed by atoms with Crippen molar-refractivity contribution in [3.63, 3.8) is 0 Å². The Bertz CT molecular complexity index is 1450. The minimum atomic E-state index is -4.77. The Labute approximate surface area is 220 Å². The molecule has 0 fully saturated rings. The fraction of sp³-hybridized carbons (Fsp3) is 0.308. The van der Waals surface area contributed by atoms with Crippen LogP contribution in [0.2, 0.25) is 0 Å². The maximum Gasteiger partial charge on any atom is 0.416 e. The smallest absolute Gasteiger partial charge is 0.416 e. The first kappa shape index (κ1) is 28.5. The molecule has 0 saturated carbocycles. The molecule has 0 radical (unpaired) electrons. The molecule has 0 aromatic heterocycles. The first-order chi connectivity index (χ1) is 18.3. The number of sulfonamides is 1. The van der Waals surface area contributed by atoms with Crippen LogP contribution in [0.25, 0.3) is 11.1 Å². The van der Waals surface area contributed by atoms with Gasteiger partial charge < -0.3 is 9.64 Å². The van der Waals surface area contributed by atoms with Crippen LogP contribution in [-0.4, -0.2) is 40.8 Å². The summed E-state index contributed by atoms with van der Waals surface area (Å²) in [7, 11) is -4.51. The van der Waals surface area contributed by atoms with E-state index in [1.54, 1.807) is 4.90 Å². The summed E-state index contributed by atoms with van der Waals surface area (Å²) in [6.07, 6.45) is -5.77. The molecule has 0 bridgehead atoms. The molecule has 3 aromatic rings. The first-order valence-corrected chi connectivity index (χ1v) is 13.2. The molecule has 210 valence electrons. The third-order valence-electron chi connectivity index (χ3n) is 6.13. The van der Waals surface area contributed by atoms with Crippen LogP contribution >= 0.6 is 0 Å². The molecule has 0 saturated heterocycles. The average molecular weight is 577 g/mol. The molecule has 1 aliphatic rings. The zero-order chi connectivity index (χ0) is 28.5. The van der Waals surface area contributed by atoms with Gasteiger partial charge >= 0.3 is 12.8 Å². The Morgan fingerprint density at radius 2 is 1.67 bits per heavy atom.